The van der Waals surface area contributed by atoms with Crippen LogP contribution in [0, 0.1) is 17.0 Å². The number of nitrogens with zero attached hydrogens (tertiary/aromatic N) is 4. The quantitative estimate of drug-likeness (QED) is 0.427. The summed E-state index contributed by atoms with van der Waals surface area (Å²) < 4.78 is 0. The Balaban J connectivity index is 1.73. The number of rotatable bonds is 4. The molecule has 0 fully saturated rings. The molecule has 0 saturated carbocycles. The molecule has 0 aliphatic rings. The minimum atomic E-state index is -0.391. The Hall–Kier alpha value is -3.81. The van der Waals surface area contributed by atoms with E-state index in [4.69, 9.17) is 0 Å². The standard InChI is InChI=1S/C18H14N6O2/c1-11-5-6-13(20-17-15-7-8-19-21-18(15)23-22-17)10-16(11)12-3-2-4-14(9-12)24(25)26/h2-10H,1H3,(H2,20,21,22,23). The van der Waals surface area contributed by atoms with Crippen molar-refractivity contribution in [3.63, 3.8) is 0 Å². The number of hydrogen-bond acceptors (Lipinski definition) is 6. The molecule has 0 unspecified atom stereocenters. The molecule has 0 bridgehead atoms. The lowest BCUT2D eigenvalue weighted by Crippen LogP contribution is -1.94. The van der Waals surface area contributed by atoms with Crippen molar-refractivity contribution in [1.29, 1.82) is 0 Å². The minimum absolute atomic E-state index is 0.0668. The highest BCUT2D eigenvalue weighted by atomic mass is 16.6. The van der Waals surface area contributed by atoms with Gasteiger partial charge in [-0.3, -0.25) is 15.2 Å². The number of nitro benzene ring substituents is 1. The third kappa shape index (κ3) is 2.84. The Morgan fingerprint density at radius 3 is 2.88 bits per heavy atom. The number of non-ortho nitro benzene ring substituents is 1. The van der Waals surface area contributed by atoms with E-state index in [0.717, 1.165) is 27.8 Å². The van der Waals surface area contributed by atoms with Crippen LogP contribution in [0.15, 0.2) is 54.7 Å². The fourth-order valence-corrected chi connectivity index (χ4v) is 2.80. The smallest absolute Gasteiger partial charge is 0.270 e. The molecule has 0 amide bonds. The molecule has 0 aliphatic carbocycles. The van der Waals surface area contributed by atoms with Gasteiger partial charge in [-0.25, -0.2) is 0 Å². The Morgan fingerprint density at radius 2 is 2.04 bits per heavy atom. The molecule has 2 N–H and O–H groups in total. The van der Waals surface area contributed by atoms with Crippen LogP contribution in [0.1, 0.15) is 5.56 Å². The highest BCUT2D eigenvalue weighted by molar-refractivity contribution is 5.89. The molecule has 4 rings (SSSR count). The van der Waals surface area contributed by atoms with Crippen LogP contribution < -0.4 is 5.32 Å². The summed E-state index contributed by atoms with van der Waals surface area (Å²) in [5.41, 5.74) is 4.21. The second-order valence-electron chi connectivity index (χ2n) is 5.83. The summed E-state index contributed by atoms with van der Waals surface area (Å²) in [4.78, 5) is 10.7. The SMILES string of the molecule is Cc1ccc(Nc2n[nH]c3nnccc23)cc1-c1cccc([N+](=O)[O-])c1. The highest BCUT2D eigenvalue weighted by Crippen LogP contribution is 2.31. The monoisotopic (exact) mass is 346 g/mol. The van der Waals surface area contributed by atoms with Crippen LogP contribution in [0.5, 0.6) is 0 Å². The van der Waals surface area contributed by atoms with Gasteiger partial charge < -0.3 is 5.32 Å². The van der Waals surface area contributed by atoms with Crippen molar-refractivity contribution >= 4 is 28.2 Å². The number of benzene rings is 2. The number of H-pyrrole nitrogens is 1. The average Bonchev–Trinajstić information content (AvgIpc) is 3.06. The van der Waals surface area contributed by atoms with Gasteiger partial charge in [-0.2, -0.15) is 10.2 Å². The number of aromatic amines is 1. The Labute approximate surface area is 148 Å². The van der Waals surface area contributed by atoms with Crippen LogP contribution in [0.4, 0.5) is 17.2 Å². The first-order chi connectivity index (χ1) is 12.6. The molecular weight excluding hydrogens is 332 g/mol. The summed E-state index contributed by atoms with van der Waals surface area (Å²) in [7, 11) is 0. The molecule has 2 aromatic heterocycles. The number of hydrogen-bond donors (Lipinski definition) is 2. The van der Waals surface area contributed by atoms with Gasteiger partial charge in [0, 0.05) is 17.8 Å². The minimum Gasteiger partial charge on any atom is -0.338 e. The van der Waals surface area contributed by atoms with Crippen LogP contribution in [0.3, 0.4) is 0 Å². The van der Waals surface area contributed by atoms with Crippen molar-refractivity contribution < 1.29 is 4.92 Å². The van der Waals surface area contributed by atoms with E-state index in [2.05, 4.69) is 25.7 Å². The van der Waals surface area contributed by atoms with Gasteiger partial charge in [0.05, 0.1) is 16.5 Å². The third-order valence-corrected chi connectivity index (χ3v) is 4.12. The summed E-state index contributed by atoms with van der Waals surface area (Å²) in [6.45, 7) is 1.97. The fourth-order valence-electron chi connectivity index (χ4n) is 2.80. The lowest BCUT2D eigenvalue weighted by molar-refractivity contribution is -0.384. The van der Waals surface area contributed by atoms with E-state index < -0.39 is 4.92 Å². The number of aryl methyl sites for hydroxylation is 1. The highest BCUT2D eigenvalue weighted by Gasteiger charge is 2.11. The van der Waals surface area contributed by atoms with Crippen molar-refractivity contribution in [2.75, 3.05) is 5.32 Å². The van der Waals surface area contributed by atoms with Crippen molar-refractivity contribution in [2.45, 2.75) is 6.92 Å². The second kappa shape index (κ2) is 6.25. The summed E-state index contributed by atoms with van der Waals surface area (Å²) >= 11 is 0. The van der Waals surface area contributed by atoms with Crippen molar-refractivity contribution in [2.24, 2.45) is 0 Å². The molecule has 0 aliphatic heterocycles. The maximum atomic E-state index is 11.0. The molecule has 8 nitrogen and oxygen atoms in total. The topological polar surface area (TPSA) is 110 Å². The molecule has 0 radical (unpaired) electrons. The largest absolute Gasteiger partial charge is 0.338 e. The third-order valence-electron chi connectivity index (χ3n) is 4.12. The van der Waals surface area contributed by atoms with Gasteiger partial charge in [0.15, 0.2) is 11.5 Å². The molecular formula is C18H14N6O2. The van der Waals surface area contributed by atoms with E-state index in [1.807, 2.05) is 37.3 Å². The van der Waals surface area contributed by atoms with Crippen molar-refractivity contribution in [3.8, 4) is 11.1 Å². The van der Waals surface area contributed by atoms with E-state index in [0.29, 0.717) is 11.5 Å². The van der Waals surface area contributed by atoms with Crippen LogP contribution in [0.2, 0.25) is 0 Å². The van der Waals surface area contributed by atoms with Gasteiger partial charge in [-0.1, -0.05) is 18.2 Å². The second-order valence-corrected chi connectivity index (χ2v) is 5.83. The number of anilines is 2. The zero-order valence-electron chi connectivity index (χ0n) is 13.8. The first-order valence-corrected chi connectivity index (χ1v) is 7.90. The molecule has 4 aromatic rings. The van der Waals surface area contributed by atoms with Gasteiger partial charge >= 0.3 is 0 Å². The molecule has 26 heavy (non-hydrogen) atoms. The average molecular weight is 346 g/mol. The summed E-state index contributed by atoms with van der Waals surface area (Å²) in [6, 6.07) is 14.3. The summed E-state index contributed by atoms with van der Waals surface area (Å²) in [5, 5.41) is 30.0. The first-order valence-electron chi connectivity index (χ1n) is 7.90. The predicted octanol–water partition coefficient (Wildman–Crippen LogP) is 3.98. The number of aromatic nitrogens is 4. The molecule has 0 atom stereocenters. The molecule has 2 aromatic carbocycles. The number of nitro groups is 1. The van der Waals surface area contributed by atoms with E-state index in [1.165, 1.54) is 6.07 Å². The van der Waals surface area contributed by atoms with Crippen LogP contribution in [-0.2, 0) is 0 Å². The lowest BCUT2D eigenvalue weighted by Gasteiger charge is -2.10. The van der Waals surface area contributed by atoms with Gasteiger partial charge in [0.25, 0.3) is 5.69 Å². The molecule has 128 valence electrons. The Bertz CT molecular complexity index is 1120. The zero-order valence-corrected chi connectivity index (χ0v) is 13.8. The lowest BCUT2D eigenvalue weighted by atomic mass is 9.99. The number of fused-ring (bicyclic) bond motifs is 1. The van der Waals surface area contributed by atoms with E-state index >= 15 is 0 Å². The van der Waals surface area contributed by atoms with Gasteiger partial charge in [0.1, 0.15) is 0 Å². The summed E-state index contributed by atoms with van der Waals surface area (Å²) in [5.74, 6) is 0.642. The predicted molar refractivity (Wildman–Crippen MR) is 98.2 cm³/mol. The molecule has 8 heteroatoms. The van der Waals surface area contributed by atoms with E-state index in [1.54, 1.807) is 18.3 Å². The molecule has 2 heterocycles. The van der Waals surface area contributed by atoms with E-state index in [-0.39, 0.29) is 5.69 Å². The first kappa shape index (κ1) is 15.7. The van der Waals surface area contributed by atoms with Gasteiger partial charge in [-0.15, -0.1) is 5.10 Å². The molecule has 0 spiro atoms. The van der Waals surface area contributed by atoms with Crippen LogP contribution >= 0.6 is 0 Å². The normalized spacial score (nSPS) is 10.8. The van der Waals surface area contributed by atoms with Gasteiger partial charge in [-0.05, 0) is 41.8 Å². The maximum Gasteiger partial charge on any atom is 0.270 e. The molecule has 0 saturated heterocycles. The Morgan fingerprint density at radius 1 is 1.15 bits per heavy atom. The Kier molecular flexibility index (Phi) is 3.77. The van der Waals surface area contributed by atoms with E-state index in [9.17, 15) is 10.1 Å². The van der Waals surface area contributed by atoms with Gasteiger partial charge in [0.2, 0.25) is 0 Å². The van der Waals surface area contributed by atoms with Crippen molar-refractivity contribution in [3.05, 3.63) is 70.4 Å². The van der Waals surface area contributed by atoms with Crippen LogP contribution in [0.25, 0.3) is 22.2 Å². The van der Waals surface area contributed by atoms with Crippen LogP contribution in [-0.4, -0.2) is 25.3 Å². The van der Waals surface area contributed by atoms with Crippen molar-refractivity contribution in [1.82, 2.24) is 20.4 Å². The fraction of sp³-hybridized carbons (Fsp3) is 0.0556. The number of nitrogens with one attached hydrogen (secondary N) is 2. The maximum absolute atomic E-state index is 11.0. The zero-order chi connectivity index (χ0) is 18.1. The summed E-state index contributed by atoms with van der Waals surface area (Å²) in [6.07, 6.45) is 1.60.